The first kappa shape index (κ1) is 9.85. The maximum atomic E-state index is 5.38. The van der Waals surface area contributed by atoms with Crippen LogP contribution in [0.25, 0.3) is 11.6 Å². The zero-order chi connectivity index (χ0) is 10.7. The van der Waals surface area contributed by atoms with E-state index in [4.69, 9.17) is 14.8 Å². The summed E-state index contributed by atoms with van der Waals surface area (Å²) in [5.74, 6) is 1.75. The number of nitrogens with two attached hydrogens (primary N) is 1. The fraction of sp³-hybridized carbons (Fsp3) is 0.444. The van der Waals surface area contributed by atoms with Crippen molar-refractivity contribution in [1.29, 1.82) is 0 Å². The molecule has 6 nitrogen and oxygen atoms in total. The fourth-order valence-electron chi connectivity index (χ4n) is 1.19. The first-order chi connectivity index (χ1) is 7.29. The first-order valence-corrected chi connectivity index (χ1v) is 4.76. The molecule has 0 spiro atoms. The molecule has 0 bridgehead atoms. The Kier molecular flexibility index (Phi) is 2.77. The first-order valence-electron chi connectivity index (χ1n) is 4.76. The van der Waals surface area contributed by atoms with Crippen LogP contribution in [0.2, 0.25) is 0 Å². The van der Waals surface area contributed by atoms with Gasteiger partial charge in [0.15, 0.2) is 11.5 Å². The molecule has 2 N–H and O–H groups in total. The second-order valence-electron chi connectivity index (χ2n) is 3.23. The third-order valence-corrected chi connectivity index (χ3v) is 1.92. The lowest BCUT2D eigenvalue weighted by Gasteiger charge is -1.87. The molecule has 0 amide bonds. The Balaban J connectivity index is 2.13. The van der Waals surface area contributed by atoms with Gasteiger partial charge in [-0.1, -0.05) is 10.3 Å². The van der Waals surface area contributed by atoms with Crippen LogP contribution >= 0.6 is 0 Å². The number of nitrogens with zero attached hydrogens (tertiary/aromatic N) is 3. The van der Waals surface area contributed by atoms with Crippen molar-refractivity contribution in [1.82, 2.24) is 15.3 Å². The largest absolute Gasteiger partial charge is 0.361 e. The summed E-state index contributed by atoms with van der Waals surface area (Å²) < 4.78 is 9.95. The molecule has 0 aromatic carbocycles. The topological polar surface area (TPSA) is 91.0 Å². The molecule has 0 aliphatic heterocycles. The molecule has 0 saturated carbocycles. The van der Waals surface area contributed by atoms with Gasteiger partial charge in [0.05, 0.1) is 0 Å². The average molecular weight is 208 g/mol. The van der Waals surface area contributed by atoms with Crippen molar-refractivity contribution in [3.05, 3.63) is 17.7 Å². The minimum Gasteiger partial charge on any atom is -0.361 e. The van der Waals surface area contributed by atoms with E-state index < -0.39 is 0 Å². The van der Waals surface area contributed by atoms with Crippen LogP contribution in [0.3, 0.4) is 0 Å². The van der Waals surface area contributed by atoms with Gasteiger partial charge in [0.25, 0.3) is 5.89 Å². The van der Waals surface area contributed by atoms with Crippen molar-refractivity contribution >= 4 is 0 Å². The average Bonchev–Trinajstić information content (AvgIpc) is 2.83. The lowest BCUT2D eigenvalue weighted by atomic mass is 10.3. The van der Waals surface area contributed by atoms with Crippen molar-refractivity contribution in [3.63, 3.8) is 0 Å². The molecule has 2 aromatic rings. The molecule has 2 heterocycles. The molecule has 0 aliphatic carbocycles. The van der Waals surface area contributed by atoms with Crippen LogP contribution < -0.4 is 5.73 Å². The SMILES string of the molecule is Cc1cc(-c2nc(CCCN)no2)no1. The number of rotatable bonds is 4. The molecule has 0 saturated heterocycles. The summed E-state index contributed by atoms with van der Waals surface area (Å²) in [6.07, 6.45) is 1.56. The summed E-state index contributed by atoms with van der Waals surface area (Å²) in [7, 11) is 0. The fourth-order valence-corrected chi connectivity index (χ4v) is 1.19. The Labute approximate surface area is 86.4 Å². The van der Waals surface area contributed by atoms with Crippen molar-refractivity contribution in [3.8, 4) is 11.6 Å². The normalized spacial score (nSPS) is 10.8. The maximum absolute atomic E-state index is 5.38. The van der Waals surface area contributed by atoms with E-state index in [1.807, 2.05) is 6.92 Å². The Morgan fingerprint density at radius 3 is 2.87 bits per heavy atom. The summed E-state index contributed by atoms with van der Waals surface area (Å²) in [6.45, 7) is 2.43. The molecular formula is C9H12N4O2. The van der Waals surface area contributed by atoms with Crippen LogP contribution in [-0.2, 0) is 6.42 Å². The molecule has 2 rings (SSSR count). The highest BCUT2D eigenvalue weighted by molar-refractivity contribution is 5.45. The minimum absolute atomic E-state index is 0.388. The van der Waals surface area contributed by atoms with Crippen molar-refractivity contribution in [2.45, 2.75) is 19.8 Å². The number of aryl methyl sites for hydroxylation is 2. The molecule has 15 heavy (non-hydrogen) atoms. The molecule has 0 fully saturated rings. The third-order valence-electron chi connectivity index (χ3n) is 1.92. The predicted molar refractivity (Wildman–Crippen MR) is 51.9 cm³/mol. The van der Waals surface area contributed by atoms with Crippen LogP contribution in [0, 0.1) is 6.92 Å². The van der Waals surface area contributed by atoms with Crippen LogP contribution in [-0.4, -0.2) is 21.8 Å². The second kappa shape index (κ2) is 4.22. The monoisotopic (exact) mass is 208 g/mol. The summed E-state index contributed by atoms with van der Waals surface area (Å²) in [5.41, 5.74) is 5.95. The number of hydrogen-bond acceptors (Lipinski definition) is 6. The van der Waals surface area contributed by atoms with Gasteiger partial charge in [0.1, 0.15) is 5.76 Å². The lowest BCUT2D eigenvalue weighted by Crippen LogP contribution is -2.01. The Hall–Kier alpha value is -1.69. The highest BCUT2D eigenvalue weighted by Crippen LogP contribution is 2.16. The van der Waals surface area contributed by atoms with Crippen molar-refractivity contribution in [2.75, 3.05) is 6.54 Å². The summed E-state index contributed by atoms with van der Waals surface area (Å²) in [4.78, 5) is 4.18. The minimum atomic E-state index is 0.388. The zero-order valence-corrected chi connectivity index (χ0v) is 8.43. The van der Waals surface area contributed by atoms with E-state index in [0.29, 0.717) is 29.7 Å². The van der Waals surface area contributed by atoms with E-state index in [0.717, 1.165) is 12.8 Å². The standard InChI is InChI=1S/C9H12N4O2/c1-6-5-7(12-14-6)9-11-8(13-15-9)3-2-4-10/h5H,2-4,10H2,1H3. The Morgan fingerprint density at radius 1 is 1.33 bits per heavy atom. The van der Waals surface area contributed by atoms with Gasteiger partial charge < -0.3 is 14.8 Å². The van der Waals surface area contributed by atoms with Gasteiger partial charge in [-0.25, -0.2) is 0 Å². The quantitative estimate of drug-likeness (QED) is 0.803. The van der Waals surface area contributed by atoms with Crippen molar-refractivity contribution in [2.24, 2.45) is 5.73 Å². The molecular weight excluding hydrogens is 196 g/mol. The van der Waals surface area contributed by atoms with Crippen LogP contribution in [0.1, 0.15) is 18.0 Å². The predicted octanol–water partition coefficient (Wildman–Crippen LogP) is 0.924. The Morgan fingerprint density at radius 2 is 2.20 bits per heavy atom. The van der Waals surface area contributed by atoms with Crippen molar-refractivity contribution < 1.29 is 9.05 Å². The zero-order valence-electron chi connectivity index (χ0n) is 8.43. The molecule has 0 atom stereocenters. The van der Waals surface area contributed by atoms with Gasteiger partial charge in [-0.3, -0.25) is 0 Å². The summed E-state index contributed by atoms with van der Waals surface area (Å²) in [6, 6.07) is 1.75. The van der Waals surface area contributed by atoms with Gasteiger partial charge in [-0.2, -0.15) is 4.98 Å². The highest BCUT2D eigenvalue weighted by Gasteiger charge is 2.12. The highest BCUT2D eigenvalue weighted by atomic mass is 16.5. The number of aromatic nitrogens is 3. The van der Waals surface area contributed by atoms with Gasteiger partial charge in [0, 0.05) is 12.5 Å². The third kappa shape index (κ3) is 2.21. The summed E-state index contributed by atoms with van der Waals surface area (Å²) >= 11 is 0. The van der Waals surface area contributed by atoms with Gasteiger partial charge in [0.2, 0.25) is 0 Å². The van der Waals surface area contributed by atoms with E-state index in [1.165, 1.54) is 0 Å². The Bertz CT molecular complexity index is 435. The van der Waals surface area contributed by atoms with Gasteiger partial charge in [-0.15, -0.1) is 0 Å². The maximum Gasteiger partial charge on any atom is 0.280 e. The van der Waals surface area contributed by atoms with E-state index in [1.54, 1.807) is 6.07 Å². The van der Waals surface area contributed by atoms with Crippen LogP contribution in [0.4, 0.5) is 0 Å². The molecule has 2 aromatic heterocycles. The van der Waals surface area contributed by atoms with E-state index >= 15 is 0 Å². The molecule has 0 radical (unpaired) electrons. The number of hydrogen-bond donors (Lipinski definition) is 1. The molecule has 0 aliphatic rings. The molecule has 6 heteroatoms. The van der Waals surface area contributed by atoms with E-state index in [-0.39, 0.29) is 0 Å². The molecule has 80 valence electrons. The van der Waals surface area contributed by atoms with E-state index in [9.17, 15) is 0 Å². The smallest absolute Gasteiger partial charge is 0.280 e. The van der Waals surface area contributed by atoms with Crippen LogP contribution in [0.15, 0.2) is 15.1 Å². The van der Waals surface area contributed by atoms with E-state index in [2.05, 4.69) is 15.3 Å². The van der Waals surface area contributed by atoms with Crippen LogP contribution in [0.5, 0.6) is 0 Å². The summed E-state index contributed by atoms with van der Waals surface area (Å²) in [5, 5.41) is 7.60. The second-order valence-corrected chi connectivity index (χ2v) is 3.23. The van der Waals surface area contributed by atoms with Gasteiger partial charge >= 0.3 is 0 Å². The lowest BCUT2D eigenvalue weighted by molar-refractivity contribution is 0.388. The molecule has 0 unspecified atom stereocenters. The van der Waals surface area contributed by atoms with Gasteiger partial charge in [-0.05, 0) is 19.9 Å².